The molecule has 4 aromatic rings. The highest BCUT2D eigenvalue weighted by Crippen LogP contribution is 2.22. The third-order valence-electron chi connectivity index (χ3n) is 5.12. The maximum absolute atomic E-state index is 14.4. The highest BCUT2D eigenvalue weighted by Gasteiger charge is 2.16. The first-order valence-electron chi connectivity index (χ1n) is 10.4. The normalized spacial score (nSPS) is 12.1. The molecule has 35 heavy (non-hydrogen) atoms. The van der Waals surface area contributed by atoms with Crippen LogP contribution in [0.25, 0.3) is 10.2 Å². The van der Waals surface area contributed by atoms with Gasteiger partial charge in [0.2, 0.25) is 0 Å². The zero-order valence-corrected chi connectivity index (χ0v) is 20.5. The molecule has 8 nitrogen and oxygen atoms in total. The second kappa shape index (κ2) is 10.4. The van der Waals surface area contributed by atoms with Gasteiger partial charge in [0, 0.05) is 24.9 Å². The average Bonchev–Trinajstić information content (AvgIpc) is 3.21. The quantitative estimate of drug-likeness (QED) is 0.382. The Labute approximate surface area is 205 Å². The number of methoxy groups -OCH3 is 2. The number of hydrogen-bond acceptors (Lipinski definition) is 6. The molecule has 0 bridgehead atoms. The Morgan fingerprint density at radius 1 is 1.06 bits per heavy atom. The lowest BCUT2D eigenvalue weighted by Gasteiger charge is -2.09. The van der Waals surface area contributed by atoms with Gasteiger partial charge < -0.3 is 14.0 Å². The van der Waals surface area contributed by atoms with Crippen LogP contribution in [0.2, 0.25) is 0 Å². The molecule has 4 rings (SSSR count). The molecule has 0 atom stereocenters. The summed E-state index contributed by atoms with van der Waals surface area (Å²) in [7, 11) is -0.782. The lowest BCUT2D eigenvalue weighted by Crippen LogP contribution is -2.20. The molecule has 0 aliphatic carbocycles. The number of carbonyl (C=O) groups is 1. The largest absolute Gasteiger partial charge is 0.497 e. The summed E-state index contributed by atoms with van der Waals surface area (Å²) >= 11 is 1.20. The summed E-state index contributed by atoms with van der Waals surface area (Å²) < 4.78 is 54.6. The molecule has 0 saturated carbocycles. The number of nitrogens with zero attached hydrogens (tertiary/aromatic N) is 2. The molecule has 1 amide bonds. The first-order chi connectivity index (χ1) is 16.8. The van der Waals surface area contributed by atoms with Crippen LogP contribution in [0.1, 0.15) is 10.4 Å². The number of thiazole rings is 1. The number of carbonyl (C=O) groups excluding carboxylic acids is 1. The number of fused-ring (bicyclic) bond motifs is 1. The summed E-state index contributed by atoms with van der Waals surface area (Å²) in [6.07, 6.45) is 0. The number of rotatable bonds is 8. The van der Waals surface area contributed by atoms with E-state index in [-0.39, 0.29) is 16.1 Å². The van der Waals surface area contributed by atoms with Crippen LogP contribution in [-0.2, 0) is 21.3 Å². The van der Waals surface area contributed by atoms with Crippen molar-refractivity contribution in [2.75, 3.05) is 25.5 Å². The van der Waals surface area contributed by atoms with Crippen LogP contribution in [-0.4, -0.2) is 39.7 Å². The van der Waals surface area contributed by atoms with Gasteiger partial charge >= 0.3 is 0 Å². The number of aromatic nitrogens is 1. The van der Waals surface area contributed by atoms with Gasteiger partial charge in [-0.05, 0) is 60.7 Å². The van der Waals surface area contributed by atoms with Crippen molar-refractivity contribution in [3.8, 4) is 5.75 Å². The Hall–Kier alpha value is -3.54. The van der Waals surface area contributed by atoms with Crippen LogP contribution in [0.15, 0.2) is 76.6 Å². The number of hydrogen-bond donors (Lipinski definition) is 1. The van der Waals surface area contributed by atoms with Crippen molar-refractivity contribution in [1.29, 1.82) is 0 Å². The summed E-state index contributed by atoms with van der Waals surface area (Å²) in [5, 5.41) is 0. The lowest BCUT2D eigenvalue weighted by molar-refractivity contribution is 0.0997. The Morgan fingerprint density at radius 3 is 2.43 bits per heavy atom. The number of para-hydroxylation sites is 1. The summed E-state index contributed by atoms with van der Waals surface area (Å²) in [6.45, 7) is 0.653. The fourth-order valence-electron chi connectivity index (χ4n) is 3.36. The van der Waals surface area contributed by atoms with E-state index in [1.807, 2.05) is 0 Å². The number of halogens is 1. The summed E-state index contributed by atoms with van der Waals surface area (Å²) in [4.78, 5) is 17.4. The molecular formula is C24H22FN3O5S2. The van der Waals surface area contributed by atoms with E-state index in [0.717, 1.165) is 0 Å². The van der Waals surface area contributed by atoms with Crippen molar-refractivity contribution in [3.05, 3.63) is 82.9 Å². The van der Waals surface area contributed by atoms with E-state index in [4.69, 9.17) is 9.47 Å². The molecule has 0 saturated heterocycles. The average molecular weight is 516 g/mol. The number of sulfonamides is 1. The molecule has 3 aromatic carbocycles. The molecule has 1 aromatic heterocycles. The van der Waals surface area contributed by atoms with E-state index in [2.05, 4.69) is 9.71 Å². The van der Waals surface area contributed by atoms with Gasteiger partial charge in [-0.3, -0.25) is 9.52 Å². The molecule has 0 spiro atoms. The predicted molar refractivity (Wildman–Crippen MR) is 132 cm³/mol. The zero-order chi connectivity index (χ0) is 25.0. The molecule has 0 aliphatic heterocycles. The fourth-order valence-corrected chi connectivity index (χ4v) is 5.49. The van der Waals surface area contributed by atoms with E-state index >= 15 is 0 Å². The number of nitrogens with one attached hydrogen (secondary N) is 1. The molecule has 0 radical (unpaired) electrons. The Bertz CT molecular complexity index is 1530. The van der Waals surface area contributed by atoms with Crippen molar-refractivity contribution < 1.29 is 27.1 Å². The van der Waals surface area contributed by atoms with Gasteiger partial charge in [-0.15, -0.1) is 0 Å². The van der Waals surface area contributed by atoms with E-state index in [1.165, 1.54) is 68.0 Å². The van der Waals surface area contributed by atoms with Crippen LogP contribution in [0.3, 0.4) is 0 Å². The van der Waals surface area contributed by atoms with Crippen molar-refractivity contribution in [2.24, 2.45) is 4.99 Å². The van der Waals surface area contributed by atoms with E-state index in [0.29, 0.717) is 33.9 Å². The molecule has 1 N–H and O–H groups in total. The molecule has 1 heterocycles. The van der Waals surface area contributed by atoms with Gasteiger partial charge in [0.15, 0.2) is 4.80 Å². The summed E-state index contributed by atoms with van der Waals surface area (Å²) in [5.74, 6) is -0.398. The minimum absolute atomic E-state index is 0.0751. The Balaban J connectivity index is 1.58. The summed E-state index contributed by atoms with van der Waals surface area (Å²) in [5.41, 5.74) is 0.912. The topological polar surface area (TPSA) is 99.0 Å². The zero-order valence-electron chi connectivity index (χ0n) is 18.9. The van der Waals surface area contributed by atoms with Gasteiger partial charge in [-0.2, -0.15) is 4.99 Å². The first kappa shape index (κ1) is 24.6. The van der Waals surface area contributed by atoms with Crippen LogP contribution >= 0.6 is 11.3 Å². The highest BCUT2D eigenvalue weighted by molar-refractivity contribution is 7.92. The number of anilines is 1. The van der Waals surface area contributed by atoms with Gasteiger partial charge in [0.05, 0.1) is 28.8 Å². The lowest BCUT2D eigenvalue weighted by atomic mass is 10.2. The summed E-state index contributed by atoms with van der Waals surface area (Å²) in [6, 6.07) is 16.6. The van der Waals surface area contributed by atoms with Crippen molar-refractivity contribution in [2.45, 2.75) is 11.4 Å². The third-order valence-corrected chi connectivity index (χ3v) is 7.56. The molecular weight excluding hydrogens is 493 g/mol. The van der Waals surface area contributed by atoms with Crippen molar-refractivity contribution in [3.63, 3.8) is 0 Å². The molecule has 11 heteroatoms. The minimum Gasteiger partial charge on any atom is -0.497 e. The molecule has 0 aliphatic rings. The van der Waals surface area contributed by atoms with E-state index < -0.39 is 21.7 Å². The maximum Gasteiger partial charge on any atom is 0.279 e. The monoisotopic (exact) mass is 515 g/mol. The number of amides is 1. The SMILES string of the molecule is COCCn1c(=NC(=O)c2ccc(NS(=O)(=O)c3ccc(OC)cc3)cc2)sc2cccc(F)c21. The van der Waals surface area contributed by atoms with Gasteiger partial charge in [0.25, 0.3) is 15.9 Å². The number of ether oxygens (including phenoxy) is 2. The van der Waals surface area contributed by atoms with Gasteiger partial charge in [-0.1, -0.05) is 17.4 Å². The second-order valence-corrected chi connectivity index (χ2v) is 10.1. The standard InChI is InChI=1S/C24H22FN3O5S2/c1-32-15-14-28-22-20(25)4-3-5-21(22)34-24(28)26-23(29)16-6-8-17(9-7-16)27-35(30,31)19-12-10-18(33-2)11-13-19/h3-13,27H,14-15H2,1-2H3. The minimum atomic E-state index is -3.82. The molecule has 0 fully saturated rings. The van der Waals surface area contributed by atoms with Crippen LogP contribution in [0, 0.1) is 5.82 Å². The maximum atomic E-state index is 14.4. The Kier molecular flexibility index (Phi) is 7.29. The fraction of sp³-hybridized carbons (Fsp3) is 0.167. The van der Waals surface area contributed by atoms with Crippen molar-refractivity contribution >= 4 is 43.2 Å². The molecule has 0 unspecified atom stereocenters. The molecule has 182 valence electrons. The van der Waals surface area contributed by atoms with E-state index in [9.17, 15) is 17.6 Å². The van der Waals surface area contributed by atoms with Crippen LogP contribution < -0.4 is 14.3 Å². The second-order valence-electron chi connectivity index (χ2n) is 7.39. The smallest absolute Gasteiger partial charge is 0.279 e. The third kappa shape index (κ3) is 5.42. The van der Waals surface area contributed by atoms with Gasteiger partial charge in [-0.25, -0.2) is 12.8 Å². The predicted octanol–water partition coefficient (Wildman–Crippen LogP) is 4.04. The number of benzene rings is 3. The first-order valence-corrected chi connectivity index (χ1v) is 12.7. The van der Waals surface area contributed by atoms with Gasteiger partial charge in [0.1, 0.15) is 11.6 Å². The highest BCUT2D eigenvalue weighted by atomic mass is 32.2. The van der Waals surface area contributed by atoms with Crippen LogP contribution in [0.5, 0.6) is 5.75 Å². The van der Waals surface area contributed by atoms with Crippen molar-refractivity contribution in [1.82, 2.24) is 4.57 Å². The Morgan fingerprint density at radius 2 is 1.77 bits per heavy atom. The van der Waals surface area contributed by atoms with Crippen LogP contribution in [0.4, 0.5) is 10.1 Å². The van der Waals surface area contributed by atoms with E-state index in [1.54, 1.807) is 28.8 Å².